The summed E-state index contributed by atoms with van der Waals surface area (Å²) in [6.07, 6.45) is 5.95. The lowest BCUT2D eigenvalue weighted by atomic mass is 9.95. The third-order valence-corrected chi connectivity index (χ3v) is 7.20. The van der Waals surface area contributed by atoms with Crippen LogP contribution in [0.15, 0.2) is 42.5 Å². The number of likely N-dealkylation sites (tertiary alicyclic amines) is 2. The van der Waals surface area contributed by atoms with Crippen LogP contribution in [0, 0.1) is 11.8 Å². The Morgan fingerprint density at radius 1 is 1.00 bits per heavy atom. The van der Waals surface area contributed by atoms with Crippen molar-refractivity contribution < 1.29 is 33.4 Å². The Balaban J connectivity index is 1.48. The molecule has 4 amide bonds. The molecule has 0 spiro atoms. The van der Waals surface area contributed by atoms with E-state index < -0.39 is 29.4 Å². The van der Waals surface area contributed by atoms with Crippen molar-refractivity contribution in [3.05, 3.63) is 48.0 Å². The predicted molar refractivity (Wildman–Crippen MR) is 156 cm³/mol. The molecule has 0 saturated carbocycles. The molecule has 2 aliphatic heterocycles. The molecule has 2 N–H and O–H groups in total. The fourth-order valence-electron chi connectivity index (χ4n) is 4.93. The minimum atomic E-state index is -1.05. The number of piperidine rings is 2. The van der Waals surface area contributed by atoms with Crippen molar-refractivity contribution in [2.75, 3.05) is 39.3 Å². The van der Waals surface area contributed by atoms with Crippen LogP contribution in [-0.4, -0.2) is 90.6 Å². The lowest BCUT2D eigenvalue weighted by Crippen LogP contribution is -2.51. The maximum Gasteiger partial charge on any atom is 0.410 e. The van der Waals surface area contributed by atoms with Gasteiger partial charge < -0.3 is 29.9 Å². The van der Waals surface area contributed by atoms with Gasteiger partial charge in [-0.3, -0.25) is 14.4 Å². The van der Waals surface area contributed by atoms with E-state index in [1.54, 1.807) is 53.1 Å². The molecule has 2 fully saturated rings. The SMILES string of the molecule is CCOC(=O)[C@H](CNC(=O)[C@@H]1CCCN(C(=O)/C=C/C2CCN(C(=O)OC(C)(C)C)CC2)C1)NC(=O)c1ccccc1. The van der Waals surface area contributed by atoms with E-state index >= 15 is 0 Å². The maximum atomic E-state index is 13.0. The number of nitrogens with one attached hydrogen (secondary N) is 2. The number of hydrogen-bond donors (Lipinski definition) is 2. The van der Waals surface area contributed by atoms with Crippen molar-refractivity contribution in [2.24, 2.45) is 11.8 Å². The van der Waals surface area contributed by atoms with Crippen LogP contribution in [0.25, 0.3) is 0 Å². The van der Waals surface area contributed by atoms with E-state index in [1.165, 1.54) is 0 Å². The summed E-state index contributed by atoms with van der Waals surface area (Å²) in [5.74, 6) is -1.76. The molecule has 2 atom stereocenters. The summed E-state index contributed by atoms with van der Waals surface area (Å²) in [5.41, 5.74) is -0.147. The number of hydrogen-bond acceptors (Lipinski definition) is 7. The molecular formula is C31H44N4O7. The van der Waals surface area contributed by atoms with Gasteiger partial charge in [-0.05, 0) is 77.5 Å². The number of rotatable bonds is 9. The summed E-state index contributed by atoms with van der Waals surface area (Å²) >= 11 is 0. The number of carbonyl (C=O) groups is 5. The van der Waals surface area contributed by atoms with Gasteiger partial charge >= 0.3 is 12.1 Å². The first-order valence-electron chi connectivity index (χ1n) is 14.7. The molecule has 11 heteroatoms. The first-order valence-corrected chi connectivity index (χ1v) is 14.7. The molecule has 1 aromatic rings. The van der Waals surface area contributed by atoms with E-state index in [4.69, 9.17) is 9.47 Å². The molecule has 0 aromatic heterocycles. The number of allylic oxidation sites excluding steroid dienone is 1. The van der Waals surface area contributed by atoms with E-state index in [1.807, 2.05) is 26.8 Å². The smallest absolute Gasteiger partial charge is 0.410 e. The zero-order valence-electron chi connectivity index (χ0n) is 25.1. The van der Waals surface area contributed by atoms with Gasteiger partial charge in [-0.2, -0.15) is 0 Å². The van der Waals surface area contributed by atoms with Crippen LogP contribution in [0.3, 0.4) is 0 Å². The van der Waals surface area contributed by atoms with Crippen LogP contribution in [-0.2, 0) is 23.9 Å². The summed E-state index contributed by atoms with van der Waals surface area (Å²) in [6, 6.07) is 7.43. The largest absolute Gasteiger partial charge is 0.464 e. The monoisotopic (exact) mass is 584 g/mol. The van der Waals surface area contributed by atoms with Crippen LogP contribution in [0.4, 0.5) is 4.79 Å². The van der Waals surface area contributed by atoms with Crippen LogP contribution in [0.1, 0.15) is 63.7 Å². The lowest BCUT2D eigenvalue weighted by molar-refractivity contribution is -0.145. The summed E-state index contributed by atoms with van der Waals surface area (Å²) < 4.78 is 10.5. The van der Waals surface area contributed by atoms with Gasteiger partial charge in [0.25, 0.3) is 5.91 Å². The second-order valence-corrected chi connectivity index (χ2v) is 11.7. The van der Waals surface area contributed by atoms with Gasteiger partial charge in [0.05, 0.1) is 12.5 Å². The van der Waals surface area contributed by atoms with E-state index in [0.717, 1.165) is 12.8 Å². The zero-order valence-corrected chi connectivity index (χ0v) is 25.1. The molecule has 0 unspecified atom stereocenters. The second kappa shape index (κ2) is 15.4. The van der Waals surface area contributed by atoms with E-state index in [-0.39, 0.29) is 43.5 Å². The second-order valence-electron chi connectivity index (χ2n) is 11.7. The molecule has 230 valence electrons. The summed E-state index contributed by atoms with van der Waals surface area (Å²) in [6.45, 7) is 9.18. The fourth-order valence-corrected chi connectivity index (χ4v) is 4.93. The van der Waals surface area contributed by atoms with Crippen molar-refractivity contribution in [1.29, 1.82) is 0 Å². The topological polar surface area (TPSA) is 134 Å². The highest BCUT2D eigenvalue weighted by atomic mass is 16.6. The van der Waals surface area contributed by atoms with Crippen molar-refractivity contribution in [1.82, 2.24) is 20.4 Å². The summed E-state index contributed by atoms with van der Waals surface area (Å²) in [7, 11) is 0. The Hall–Kier alpha value is -3.89. The molecule has 1 aromatic carbocycles. The molecular weight excluding hydrogens is 540 g/mol. The molecule has 3 rings (SSSR count). The van der Waals surface area contributed by atoms with Gasteiger partial charge in [-0.15, -0.1) is 0 Å². The molecule has 11 nitrogen and oxygen atoms in total. The molecule has 2 aliphatic rings. The first-order chi connectivity index (χ1) is 20.0. The molecule has 0 radical (unpaired) electrons. The third-order valence-electron chi connectivity index (χ3n) is 7.20. The quantitative estimate of drug-likeness (QED) is 0.337. The number of carbonyl (C=O) groups excluding carboxylic acids is 5. The Labute approximate surface area is 248 Å². The Morgan fingerprint density at radius 3 is 2.33 bits per heavy atom. The van der Waals surface area contributed by atoms with Gasteiger partial charge in [0.1, 0.15) is 11.6 Å². The Morgan fingerprint density at radius 2 is 1.69 bits per heavy atom. The van der Waals surface area contributed by atoms with Gasteiger partial charge in [-0.25, -0.2) is 9.59 Å². The number of amides is 4. The minimum absolute atomic E-state index is 0.122. The average Bonchev–Trinajstić information content (AvgIpc) is 2.97. The predicted octanol–water partition coefficient (Wildman–Crippen LogP) is 2.91. The van der Waals surface area contributed by atoms with Crippen LogP contribution >= 0.6 is 0 Å². The zero-order chi connectivity index (χ0) is 30.7. The Bertz CT molecular complexity index is 1120. The number of esters is 1. The van der Waals surface area contributed by atoms with Gasteiger partial charge in [-0.1, -0.05) is 24.3 Å². The van der Waals surface area contributed by atoms with E-state index in [0.29, 0.717) is 38.0 Å². The van der Waals surface area contributed by atoms with Gasteiger partial charge in [0.2, 0.25) is 11.8 Å². The fraction of sp³-hybridized carbons (Fsp3) is 0.581. The van der Waals surface area contributed by atoms with E-state index in [2.05, 4.69) is 10.6 Å². The normalized spacial score (nSPS) is 18.7. The molecule has 42 heavy (non-hydrogen) atoms. The molecule has 2 saturated heterocycles. The van der Waals surface area contributed by atoms with Crippen molar-refractivity contribution in [3.8, 4) is 0 Å². The Kier molecular flexibility index (Phi) is 11.9. The summed E-state index contributed by atoms with van der Waals surface area (Å²) in [5, 5.41) is 5.41. The molecule has 0 aliphatic carbocycles. The number of ether oxygens (including phenoxy) is 2. The average molecular weight is 585 g/mol. The van der Waals surface area contributed by atoms with E-state index in [9.17, 15) is 24.0 Å². The molecule has 0 bridgehead atoms. The van der Waals surface area contributed by atoms with Crippen LogP contribution in [0.2, 0.25) is 0 Å². The van der Waals surface area contributed by atoms with Gasteiger partial charge in [0, 0.05) is 38.3 Å². The van der Waals surface area contributed by atoms with Crippen LogP contribution in [0.5, 0.6) is 0 Å². The first kappa shape index (κ1) is 32.6. The van der Waals surface area contributed by atoms with Crippen molar-refractivity contribution in [3.63, 3.8) is 0 Å². The minimum Gasteiger partial charge on any atom is -0.464 e. The number of benzene rings is 1. The van der Waals surface area contributed by atoms with Crippen LogP contribution < -0.4 is 10.6 Å². The highest BCUT2D eigenvalue weighted by Gasteiger charge is 2.30. The highest BCUT2D eigenvalue weighted by Crippen LogP contribution is 2.22. The third kappa shape index (κ3) is 10.2. The highest BCUT2D eigenvalue weighted by molar-refractivity contribution is 5.97. The van der Waals surface area contributed by atoms with Crippen molar-refractivity contribution in [2.45, 2.75) is 65.0 Å². The molecule has 2 heterocycles. The number of nitrogens with zero attached hydrogens (tertiary/aromatic N) is 2. The van der Waals surface area contributed by atoms with Crippen molar-refractivity contribution >= 4 is 29.8 Å². The van der Waals surface area contributed by atoms with Gasteiger partial charge in [0.15, 0.2) is 0 Å². The standard InChI is InChI=1S/C31H44N4O7/c1-5-41-29(39)25(33-28(38)23-10-7-6-8-11-23)20-32-27(37)24-12-9-17-35(21-24)26(36)14-13-22-15-18-34(19-16-22)30(40)42-31(2,3)4/h6-8,10-11,13-14,22,24-25H,5,9,12,15-21H2,1-4H3,(H,32,37)(H,33,38)/b14-13+/t24-,25+/m1/s1. The maximum absolute atomic E-state index is 13.0. The lowest BCUT2D eigenvalue weighted by Gasteiger charge is -2.33. The summed E-state index contributed by atoms with van der Waals surface area (Å²) in [4.78, 5) is 66.7.